The van der Waals surface area contributed by atoms with Crippen LogP contribution in [0.4, 0.5) is 0 Å². The number of fused-ring (bicyclic) bond motifs is 1. The van der Waals surface area contributed by atoms with Crippen molar-refractivity contribution in [3.8, 4) is 10.7 Å². The van der Waals surface area contributed by atoms with E-state index in [9.17, 15) is 0 Å². The molecule has 2 aromatic heterocycles. The summed E-state index contributed by atoms with van der Waals surface area (Å²) in [5.41, 5.74) is 8.47. The van der Waals surface area contributed by atoms with Gasteiger partial charge in [0.1, 0.15) is 0 Å². The monoisotopic (exact) mass is 233 g/mol. The van der Waals surface area contributed by atoms with Crippen molar-refractivity contribution in [2.75, 3.05) is 0 Å². The number of hydrogen-bond donors (Lipinski definition) is 1. The first-order valence-corrected chi connectivity index (χ1v) is 6.49. The third kappa shape index (κ3) is 1.49. The predicted octanol–water partition coefficient (Wildman–Crippen LogP) is 2.19. The van der Waals surface area contributed by atoms with Gasteiger partial charge in [0, 0.05) is 24.7 Å². The molecule has 0 spiro atoms. The number of aryl methyl sites for hydroxylation is 1. The van der Waals surface area contributed by atoms with Gasteiger partial charge in [-0.1, -0.05) is 6.07 Å². The first-order chi connectivity index (χ1) is 7.75. The quantitative estimate of drug-likeness (QED) is 0.820. The minimum atomic E-state index is 0.305. The predicted molar refractivity (Wildman–Crippen MR) is 66.6 cm³/mol. The third-order valence-corrected chi connectivity index (χ3v) is 4.06. The van der Waals surface area contributed by atoms with Crippen LogP contribution in [0.15, 0.2) is 17.5 Å². The van der Waals surface area contributed by atoms with Crippen molar-refractivity contribution < 1.29 is 0 Å². The van der Waals surface area contributed by atoms with E-state index in [1.807, 2.05) is 0 Å². The summed E-state index contributed by atoms with van der Waals surface area (Å²) in [6.07, 6.45) is 2.02. The third-order valence-electron chi connectivity index (χ3n) is 3.19. The molecule has 0 aliphatic carbocycles. The number of rotatable bonds is 1. The van der Waals surface area contributed by atoms with Crippen molar-refractivity contribution >= 4 is 11.3 Å². The summed E-state index contributed by atoms with van der Waals surface area (Å²) in [5, 5.41) is 2.10. The molecule has 3 rings (SSSR count). The summed E-state index contributed by atoms with van der Waals surface area (Å²) in [7, 11) is 0. The zero-order chi connectivity index (χ0) is 11.1. The number of hydrogen-bond acceptors (Lipinski definition) is 3. The Morgan fingerprint density at radius 1 is 1.56 bits per heavy atom. The molecule has 1 aliphatic heterocycles. The SMILES string of the molecule is Cc1nc(-c2cccs2)n2c1CC(N)CC2. The maximum atomic E-state index is 6.01. The molecular weight excluding hydrogens is 218 g/mol. The average molecular weight is 233 g/mol. The van der Waals surface area contributed by atoms with Gasteiger partial charge in [0.05, 0.1) is 10.6 Å². The van der Waals surface area contributed by atoms with Crippen LogP contribution in [-0.4, -0.2) is 15.6 Å². The summed E-state index contributed by atoms with van der Waals surface area (Å²) in [5.74, 6) is 1.12. The van der Waals surface area contributed by atoms with Crippen LogP contribution in [0.2, 0.25) is 0 Å². The van der Waals surface area contributed by atoms with Crippen molar-refractivity contribution in [1.82, 2.24) is 9.55 Å². The van der Waals surface area contributed by atoms with Crippen LogP contribution < -0.4 is 5.73 Å². The van der Waals surface area contributed by atoms with Crippen LogP contribution in [0.1, 0.15) is 17.8 Å². The van der Waals surface area contributed by atoms with Crippen molar-refractivity contribution in [1.29, 1.82) is 0 Å². The molecule has 0 saturated carbocycles. The van der Waals surface area contributed by atoms with Gasteiger partial charge in [-0.3, -0.25) is 0 Å². The van der Waals surface area contributed by atoms with E-state index < -0.39 is 0 Å². The molecule has 3 heterocycles. The Kier molecular flexibility index (Phi) is 2.33. The van der Waals surface area contributed by atoms with Crippen molar-refractivity contribution in [3.05, 3.63) is 28.9 Å². The number of imidazole rings is 1. The van der Waals surface area contributed by atoms with E-state index in [1.54, 1.807) is 11.3 Å². The molecule has 0 saturated heterocycles. The molecule has 3 nitrogen and oxygen atoms in total. The van der Waals surface area contributed by atoms with Crippen LogP contribution in [-0.2, 0) is 13.0 Å². The van der Waals surface area contributed by atoms with Crippen LogP contribution in [0.3, 0.4) is 0 Å². The number of nitrogens with zero attached hydrogens (tertiary/aromatic N) is 2. The molecule has 2 aromatic rings. The average Bonchev–Trinajstić information content (AvgIpc) is 2.87. The Labute approximate surface area is 98.9 Å². The zero-order valence-electron chi connectivity index (χ0n) is 9.31. The molecule has 1 atom stereocenters. The van der Waals surface area contributed by atoms with Gasteiger partial charge in [-0.15, -0.1) is 11.3 Å². The highest BCUT2D eigenvalue weighted by molar-refractivity contribution is 7.13. The van der Waals surface area contributed by atoms with Gasteiger partial charge in [0.2, 0.25) is 0 Å². The lowest BCUT2D eigenvalue weighted by Crippen LogP contribution is -2.31. The zero-order valence-corrected chi connectivity index (χ0v) is 10.1. The molecule has 84 valence electrons. The largest absolute Gasteiger partial charge is 0.327 e. The molecular formula is C12H15N3S. The minimum Gasteiger partial charge on any atom is -0.327 e. The molecule has 0 aromatic carbocycles. The highest BCUT2D eigenvalue weighted by atomic mass is 32.1. The van der Waals surface area contributed by atoms with E-state index in [1.165, 1.54) is 10.6 Å². The van der Waals surface area contributed by atoms with E-state index in [2.05, 4.69) is 34.0 Å². The summed E-state index contributed by atoms with van der Waals surface area (Å²) < 4.78 is 2.34. The van der Waals surface area contributed by atoms with Gasteiger partial charge in [-0.25, -0.2) is 4.98 Å². The van der Waals surface area contributed by atoms with Gasteiger partial charge in [0.15, 0.2) is 5.82 Å². The Balaban J connectivity index is 2.12. The topological polar surface area (TPSA) is 43.8 Å². The normalized spacial score (nSPS) is 19.8. The van der Waals surface area contributed by atoms with E-state index in [4.69, 9.17) is 5.73 Å². The number of nitrogens with two attached hydrogens (primary N) is 1. The van der Waals surface area contributed by atoms with Gasteiger partial charge < -0.3 is 10.3 Å². The molecule has 1 unspecified atom stereocenters. The summed E-state index contributed by atoms with van der Waals surface area (Å²) >= 11 is 1.75. The van der Waals surface area contributed by atoms with Gasteiger partial charge in [0.25, 0.3) is 0 Å². The second-order valence-electron chi connectivity index (χ2n) is 4.35. The van der Waals surface area contributed by atoms with Gasteiger partial charge in [-0.2, -0.15) is 0 Å². The Morgan fingerprint density at radius 2 is 2.44 bits per heavy atom. The lowest BCUT2D eigenvalue weighted by Gasteiger charge is -2.22. The highest BCUT2D eigenvalue weighted by Gasteiger charge is 2.22. The molecule has 16 heavy (non-hydrogen) atoms. The maximum Gasteiger partial charge on any atom is 0.150 e. The summed E-state index contributed by atoms with van der Waals surface area (Å²) in [6.45, 7) is 3.09. The number of aromatic nitrogens is 2. The first kappa shape index (κ1) is 10.1. The van der Waals surface area contributed by atoms with E-state index >= 15 is 0 Å². The van der Waals surface area contributed by atoms with Gasteiger partial charge in [-0.05, 0) is 24.8 Å². The molecule has 0 amide bonds. The van der Waals surface area contributed by atoms with Gasteiger partial charge >= 0.3 is 0 Å². The smallest absolute Gasteiger partial charge is 0.150 e. The fourth-order valence-electron chi connectivity index (χ4n) is 2.34. The lowest BCUT2D eigenvalue weighted by molar-refractivity contribution is 0.473. The lowest BCUT2D eigenvalue weighted by atomic mass is 10.0. The fourth-order valence-corrected chi connectivity index (χ4v) is 3.07. The second-order valence-corrected chi connectivity index (χ2v) is 5.30. The van der Waals surface area contributed by atoms with E-state index in [0.29, 0.717) is 6.04 Å². The minimum absolute atomic E-state index is 0.305. The second kappa shape index (κ2) is 3.71. The first-order valence-electron chi connectivity index (χ1n) is 5.61. The molecule has 2 N–H and O–H groups in total. The highest BCUT2D eigenvalue weighted by Crippen LogP contribution is 2.29. The summed E-state index contributed by atoms with van der Waals surface area (Å²) in [4.78, 5) is 5.94. The van der Waals surface area contributed by atoms with Crippen molar-refractivity contribution in [2.45, 2.75) is 32.4 Å². The van der Waals surface area contributed by atoms with Crippen LogP contribution in [0.5, 0.6) is 0 Å². The van der Waals surface area contributed by atoms with Crippen molar-refractivity contribution in [3.63, 3.8) is 0 Å². The van der Waals surface area contributed by atoms with E-state index in [0.717, 1.165) is 30.9 Å². The Bertz CT molecular complexity index is 499. The standard InChI is InChI=1S/C12H15N3S/c1-8-10-7-9(13)4-5-15(10)12(14-8)11-3-2-6-16-11/h2-3,6,9H,4-5,7,13H2,1H3. The Hall–Kier alpha value is -1.13. The number of thiophene rings is 1. The van der Waals surface area contributed by atoms with E-state index in [-0.39, 0.29) is 0 Å². The van der Waals surface area contributed by atoms with Crippen LogP contribution in [0, 0.1) is 6.92 Å². The molecule has 0 fully saturated rings. The fraction of sp³-hybridized carbons (Fsp3) is 0.417. The molecule has 4 heteroatoms. The molecule has 0 bridgehead atoms. The molecule has 0 radical (unpaired) electrons. The maximum absolute atomic E-state index is 6.01. The van der Waals surface area contributed by atoms with Crippen molar-refractivity contribution in [2.24, 2.45) is 5.73 Å². The van der Waals surface area contributed by atoms with Crippen LogP contribution >= 0.6 is 11.3 Å². The Morgan fingerprint density at radius 3 is 3.19 bits per heavy atom. The van der Waals surface area contributed by atoms with Crippen LogP contribution in [0.25, 0.3) is 10.7 Å². The molecule has 1 aliphatic rings. The summed E-state index contributed by atoms with van der Waals surface area (Å²) in [6, 6.07) is 4.51.